The molecule has 4 aromatic rings. The van der Waals surface area contributed by atoms with Gasteiger partial charge in [-0.1, -0.05) is 43.5 Å². The first-order valence-electron chi connectivity index (χ1n) is 11.5. The smallest absolute Gasteiger partial charge is 0.297 e. The van der Waals surface area contributed by atoms with Crippen LogP contribution in [0.4, 0.5) is 5.95 Å². The predicted molar refractivity (Wildman–Crippen MR) is 129 cm³/mol. The summed E-state index contributed by atoms with van der Waals surface area (Å²) in [6, 6.07) is 13.8. The first-order chi connectivity index (χ1) is 16.6. The van der Waals surface area contributed by atoms with Crippen molar-refractivity contribution in [2.24, 2.45) is 0 Å². The summed E-state index contributed by atoms with van der Waals surface area (Å²) in [6.45, 7) is 4.72. The lowest BCUT2D eigenvalue weighted by Crippen LogP contribution is -2.31. The largest absolute Gasteiger partial charge is 0.494 e. The minimum atomic E-state index is -0.708. The van der Waals surface area contributed by atoms with Crippen LogP contribution in [0.15, 0.2) is 70.1 Å². The molecule has 1 unspecified atom stereocenters. The van der Waals surface area contributed by atoms with Crippen molar-refractivity contribution in [3.63, 3.8) is 0 Å². The third-order valence-corrected chi connectivity index (χ3v) is 6.01. The Balaban J connectivity index is 1.62. The molecular weight excluding hydrogens is 430 g/mol. The summed E-state index contributed by atoms with van der Waals surface area (Å²) in [6.07, 6.45) is 6.38. The average Bonchev–Trinajstić information content (AvgIpc) is 3.16. The van der Waals surface area contributed by atoms with Crippen molar-refractivity contribution in [3.05, 3.63) is 93.6 Å². The van der Waals surface area contributed by atoms with Crippen molar-refractivity contribution in [2.45, 2.75) is 39.2 Å². The molecule has 1 aliphatic rings. The molecule has 2 aromatic heterocycles. The number of unbranched alkanes of at least 4 members (excludes halogenated alkanes) is 2. The number of ether oxygens (including phenoxy) is 1. The van der Waals surface area contributed by atoms with Crippen LogP contribution in [0.5, 0.6) is 5.75 Å². The number of hydrogen-bond donors (Lipinski definition) is 0. The second-order valence-corrected chi connectivity index (χ2v) is 8.42. The van der Waals surface area contributed by atoms with Crippen molar-refractivity contribution in [3.8, 4) is 5.75 Å². The van der Waals surface area contributed by atoms with Crippen LogP contribution in [0.25, 0.3) is 11.0 Å². The van der Waals surface area contributed by atoms with E-state index in [4.69, 9.17) is 9.15 Å². The van der Waals surface area contributed by atoms with E-state index in [1.807, 2.05) is 37.3 Å². The maximum absolute atomic E-state index is 13.6. The summed E-state index contributed by atoms with van der Waals surface area (Å²) in [5, 5.41) is 0.447. The SMILES string of the molecule is CCCCCOc1ccc(C2c3c(oc4ccc(C)cc4c3=O)C(=O)N2c2ncccn2)cc1. The van der Waals surface area contributed by atoms with Gasteiger partial charge < -0.3 is 9.15 Å². The van der Waals surface area contributed by atoms with E-state index in [0.29, 0.717) is 23.1 Å². The Bertz CT molecular complexity index is 1400. The van der Waals surface area contributed by atoms with Crippen LogP contribution >= 0.6 is 0 Å². The Kier molecular flexibility index (Phi) is 5.84. The van der Waals surface area contributed by atoms with E-state index in [-0.39, 0.29) is 17.1 Å². The number of carbonyl (C=O) groups is 1. The zero-order valence-electron chi connectivity index (χ0n) is 19.2. The molecule has 34 heavy (non-hydrogen) atoms. The van der Waals surface area contributed by atoms with Crippen molar-refractivity contribution < 1.29 is 13.9 Å². The van der Waals surface area contributed by atoms with E-state index in [1.165, 1.54) is 4.90 Å². The number of amides is 1. The maximum atomic E-state index is 13.6. The molecule has 172 valence electrons. The Morgan fingerprint density at radius 2 is 1.79 bits per heavy atom. The molecule has 0 bridgehead atoms. The normalized spacial score (nSPS) is 15.1. The summed E-state index contributed by atoms with van der Waals surface area (Å²) in [7, 11) is 0. The molecule has 0 N–H and O–H groups in total. The second kappa shape index (κ2) is 9.09. The Hall–Kier alpha value is -4.00. The van der Waals surface area contributed by atoms with Gasteiger partial charge in [0, 0.05) is 12.4 Å². The molecule has 0 saturated heterocycles. The fourth-order valence-electron chi connectivity index (χ4n) is 4.31. The van der Waals surface area contributed by atoms with Gasteiger partial charge in [-0.15, -0.1) is 0 Å². The van der Waals surface area contributed by atoms with Gasteiger partial charge >= 0.3 is 0 Å². The molecule has 0 saturated carbocycles. The molecule has 1 amide bonds. The quantitative estimate of drug-likeness (QED) is 0.356. The van der Waals surface area contributed by atoms with Crippen molar-refractivity contribution in [1.29, 1.82) is 0 Å². The van der Waals surface area contributed by atoms with Crippen LogP contribution in [0.3, 0.4) is 0 Å². The van der Waals surface area contributed by atoms with Gasteiger partial charge in [-0.25, -0.2) is 9.97 Å². The van der Waals surface area contributed by atoms with Gasteiger partial charge in [-0.2, -0.15) is 0 Å². The number of benzene rings is 2. The minimum Gasteiger partial charge on any atom is -0.494 e. The highest BCUT2D eigenvalue weighted by Gasteiger charge is 2.44. The van der Waals surface area contributed by atoms with Gasteiger partial charge in [-0.05, 0) is 49.2 Å². The van der Waals surface area contributed by atoms with Gasteiger partial charge in [0.2, 0.25) is 11.7 Å². The Morgan fingerprint density at radius 3 is 2.53 bits per heavy atom. The first kappa shape index (κ1) is 21.8. The molecule has 0 spiro atoms. The fraction of sp³-hybridized carbons (Fsp3) is 0.259. The number of fused-ring (bicyclic) bond motifs is 2. The first-order valence-corrected chi connectivity index (χ1v) is 11.5. The molecule has 1 aliphatic heterocycles. The van der Waals surface area contributed by atoms with E-state index in [9.17, 15) is 9.59 Å². The summed E-state index contributed by atoms with van der Waals surface area (Å²) < 4.78 is 11.8. The third-order valence-electron chi connectivity index (χ3n) is 6.01. The van der Waals surface area contributed by atoms with Crippen LogP contribution in [0, 0.1) is 6.92 Å². The minimum absolute atomic E-state index is 0.0266. The Labute approximate surface area is 197 Å². The van der Waals surface area contributed by atoms with Gasteiger partial charge in [0.1, 0.15) is 11.3 Å². The molecule has 7 heteroatoms. The van der Waals surface area contributed by atoms with E-state index >= 15 is 0 Å². The number of anilines is 1. The van der Waals surface area contributed by atoms with Crippen LogP contribution in [0.1, 0.15) is 59.5 Å². The van der Waals surface area contributed by atoms with Gasteiger partial charge in [0.15, 0.2) is 5.43 Å². The van der Waals surface area contributed by atoms with Crippen LogP contribution in [-0.4, -0.2) is 22.5 Å². The van der Waals surface area contributed by atoms with E-state index in [2.05, 4.69) is 16.9 Å². The summed E-state index contributed by atoms with van der Waals surface area (Å²) in [5.41, 5.74) is 2.14. The zero-order valence-corrected chi connectivity index (χ0v) is 19.2. The summed E-state index contributed by atoms with van der Waals surface area (Å²) >= 11 is 0. The lowest BCUT2D eigenvalue weighted by Gasteiger charge is -2.23. The van der Waals surface area contributed by atoms with Crippen LogP contribution in [0.2, 0.25) is 0 Å². The molecule has 1 atom stereocenters. The average molecular weight is 456 g/mol. The number of aryl methyl sites for hydroxylation is 1. The highest BCUT2D eigenvalue weighted by molar-refractivity contribution is 6.09. The molecule has 3 heterocycles. The molecule has 0 aliphatic carbocycles. The fourth-order valence-corrected chi connectivity index (χ4v) is 4.31. The van der Waals surface area contributed by atoms with Crippen LogP contribution < -0.4 is 15.1 Å². The van der Waals surface area contributed by atoms with Crippen molar-refractivity contribution >= 4 is 22.8 Å². The highest BCUT2D eigenvalue weighted by Crippen LogP contribution is 2.40. The lowest BCUT2D eigenvalue weighted by molar-refractivity contribution is 0.0969. The number of nitrogens with zero attached hydrogens (tertiary/aromatic N) is 3. The molecule has 0 fully saturated rings. The van der Waals surface area contributed by atoms with E-state index < -0.39 is 11.9 Å². The third kappa shape index (κ3) is 3.83. The topological polar surface area (TPSA) is 85.5 Å². The maximum Gasteiger partial charge on any atom is 0.297 e. The Morgan fingerprint density at radius 1 is 1.03 bits per heavy atom. The van der Waals surface area contributed by atoms with Gasteiger partial charge in [0.05, 0.1) is 23.6 Å². The van der Waals surface area contributed by atoms with E-state index in [1.54, 1.807) is 30.6 Å². The predicted octanol–water partition coefficient (Wildman–Crippen LogP) is 5.21. The molecule has 2 aromatic carbocycles. The molecule has 7 nitrogen and oxygen atoms in total. The highest BCUT2D eigenvalue weighted by atomic mass is 16.5. The molecule has 5 rings (SSSR count). The second-order valence-electron chi connectivity index (χ2n) is 8.42. The van der Waals surface area contributed by atoms with Gasteiger partial charge in [0.25, 0.3) is 5.91 Å². The van der Waals surface area contributed by atoms with Crippen molar-refractivity contribution in [2.75, 3.05) is 11.5 Å². The van der Waals surface area contributed by atoms with Gasteiger partial charge in [-0.3, -0.25) is 14.5 Å². The van der Waals surface area contributed by atoms with Crippen molar-refractivity contribution in [1.82, 2.24) is 9.97 Å². The zero-order chi connectivity index (χ0) is 23.7. The monoisotopic (exact) mass is 455 g/mol. The number of rotatable bonds is 7. The van der Waals surface area contributed by atoms with Crippen LogP contribution in [-0.2, 0) is 0 Å². The standard InChI is InChI=1S/C27H25N3O4/c1-3-4-5-15-33-19-10-8-18(9-11-19)23-22-24(31)20-16-17(2)7-12-21(20)34-25(22)26(32)30(23)27-28-13-6-14-29-27/h6-14,16,23H,3-5,15H2,1-2H3. The van der Waals surface area contributed by atoms with E-state index in [0.717, 1.165) is 36.1 Å². The number of aromatic nitrogens is 2. The molecule has 0 radical (unpaired) electrons. The molecular formula is C27H25N3O4. The summed E-state index contributed by atoms with van der Waals surface area (Å²) in [5.74, 6) is 0.542. The lowest BCUT2D eigenvalue weighted by atomic mass is 9.98. The number of hydrogen-bond acceptors (Lipinski definition) is 6. The number of carbonyl (C=O) groups excluding carboxylic acids is 1. The summed E-state index contributed by atoms with van der Waals surface area (Å²) in [4.78, 5) is 37.1.